The Morgan fingerprint density at radius 1 is 1.37 bits per heavy atom. The third-order valence-corrected chi connectivity index (χ3v) is 6.67. The summed E-state index contributed by atoms with van der Waals surface area (Å²) in [5, 5.41) is 10.4. The van der Waals surface area contributed by atoms with E-state index in [1.807, 2.05) is 18.0 Å². The Labute approximate surface area is 175 Å². The molecule has 4 rings (SSSR count). The molecule has 5 atom stereocenters. The highest BCUT2D eigenvalue weighted by Gasteiger charge is 2.48. The Bertz CT molecular complexity index is 945. The number of benzene rings is 1. The summed E-state index contributed by atoms with van der Waals surface area (Å²) in [7, 11) is 1.72. The van der Waals surface area contributed by atoms with E-state index in [9.17, 15) is 14.0 Å². The van der Waals surface area contributed by atoms with Gasteiger partial charge in [0.05, 0.1) is 12.1 Å². The lowest BCUT2D eigenvalue weighted by atomic mass is 9.91. The Balaban J connectivity index is 1.57. The van der Waals surface area contributed by atoms with E-state index in [4.69, 9.17) is 0 Å². The minimum Gasteiger partial charge on any atom is -0.361 e. The second kappa shape index (κ2) is 8.35. The van der Waals surface area contributed by atoms with Crippen LogP contribution in [0.15, 0.2) is 24.4 Å². The van der Waals surface area contributed by atoms with Gasteiger partial charge < -0.3 is 25.8 Å². The number of aromatic amines is 1. The topological polar surface area (TPSA) is 89.3 Å². The maximum Gasteiger partial charge on any atom is 0.245 e. The smallest absolute Gasteiger partial charge is 0.245 e. The van der Waals surface area contributed by atoms with E-state index in [0.717, 1.165) is 29.4 Å². The fourth-order valence-electron chi connectivity index (χ4n) is 4.88. The normalized spacial score (nSPS) is 25.3. The number of fused-ring (bicyclic) bond motifs is 2. The lowest BCUT2D eigenvalue weighted by molar-refractivity contribution is -0.137. The summed E-state index contributed by atoms with van der Waals surface area (Å²) in [6.45, 7) is 5.13. The molecule has 0 saturated carbocycles. The Morgan fingerprint density at radius 3 is 2.90 bits per heavy atom. The number of likely N-dealkylation sites (tertiary alicyclic amines) is 1. The molecule has 1 aromatic heterocycles. The number of rotatable bonds is 6. The molecule has 5 unspecified atom stereocenters. The summed E-state index contributed by atoms with van der Waals surface area (Å²) >= 11 is 0. The van der Waals surface area contributed by atoms with Crippen LogP contribution in [0.2, 0.25) is 0 Å². The first-order valence-corrected chi connectivity index (χ1v) is 10.7. The largest absolute Gasteiger partial charge is 0.361 e. The summed E-state index contributed by atoms with van der Waals surface area (Å²) in [6, 6.07) is 4.14. The molecule has 2 aliphatic heterocycles. The molecule has 3 heterocycles. The highest BCUT2D eigenvalue weighted by molar-refractivity contribution is 5.90. The lowest BCUT2D eigenvalue weighted by Crippen LogP contribution is -2.54. The number of amides is 2. The maximum absolute atomic E-state index is 13.6. The van der Waals surface area contributed by atoms with Crippen molar-refractivity contribution >= 4 is 22.7 Å². The van der Waals surface area contributed by atoms with Crippen LogP contribution in [-0.2, 0) is 9.59 Å². The predicted molar refractivity (Wildman–Crippen MR) is 114 cm³/mol. The number of carbonyl (C=O) groups is 2. The average Bonchev–Trinajstić information content (AvgIpc) is 3.45. The maximum atomic E-state index is 13.6. The molecule has 2 fully saturated rings. The fourth-order valence-corrected chi connectivity index (χ4v) is 4.88. The first-order chi connectivity index (χ1) is 14.4. The number of halogens is 1. The number of hydrogen-bond donors (Lipinski definition) is 4. The molecule has 2 aliphatic rings. The van der Waals surface area contributed by atoms with Gasteiger partial charge in [-0.2, -0.15) is 0 Å². The number of likely N-dealkylation sites (N-methyl/N-ethyl adjacent to an activating group) is 1. The van der Waals surface area contributed by atoms with Gasteiger partial charge in [-0.15, -0.1) is 0 Å². The van der Waals surface area contributed by atoms with Crippen LogP contribution in [0.3, 0.4) is 0 Å². The Hall–Kier alpha value is -2.45. The highest BCUT2D eigenvalue weighted by atomic mass is 19.1. The molecule has 162 valence electrons. The third kappa shape index (κ3) is 3.58. The molecule has 1 aromatic carbocycles. The van der Waals surface area contributed by atoms with Crippen molar-refractivity contribution < 1.29 is 14.0 Å². The van der Waals surface area contributed by atoms with E-state index in [2.05, 4.69) is 20.9 Å². The van der Waals surface area contributed by atoms with E-state index in [1.54, 1.807) is 20.0 Å². The van der Waals surface area contributed by atoms with Crippen molar-refractivity contribution in [1.82, 2.24) is 25.8 Å². The molecule has 0 aliphatic carbocycles. The summed E-state index contributed by atoms with van der Waals surface area (Å²) in [6.07, 6.45) is 3.37. The Kier molecular flexibility index (Phi) is 5.79. The van der Waals surface area contributed by atoms with E-state index >= 15 is 0 Å². The van der Waals surface area contributed by atoms with Gasteiger partial charge in [-0.3, -0.25) is 9.59 Å². The number of hydrogen-bond acceptors (Lipinski definition) is 4. The summed E-state index contributed by atoms with van der Waals surface area (Å²) in [4.78, 5) is 30.8. The molecule has 4 N–H and O–H groups in total. The predicted octanol–water partition coefficient (Wildman–Crippen LogP) is 1.47. The first-order valence-electron chi connectivity index (χ1n) is 10.7. The number of H-pyrrole nitrogens is 1. The van der Waals surface area contributed by atoms with Crippen LogP contribution in [0.25, 0.3) is 10.9 Å². The van der Waals surface area contributed by atoms with Gasteiger partial charge in [0.25, 0.3) is 0 Å². The van der Waals surface area contributed by atoms with Gasteiger partial charge in [0.1, 0.15) is 11.9 Å². The van der Waals surface area contributed by atoms with Crippen LogP contribution in [0.5, 0.6) is 0 Å². The third-order valence-electron chi connectivity index (χ3n) is 6.67. The Morgan fingerprint density at radius 2 is 2.17 bits per heavy atom. The van der Waals surface area contributed by atoms with Crippen molar-refractivity contribution in [1.29, 1.82) is 0 Å². The van der Waals surface area contributed by atoms with Gasteiger partial charge in [0.2, 0.25) is 11.8 Å². The highest BCUT2D eigenvalue weighted by Crippen LogP contribution is 2.39. The van der Waals surface area contributed by atoms with E-state index in [-0.39, 0.29) is 41.7 Å². The van der Waals surface area contributed by atoms with Crippen LogP contribution in [0, 0.1) is 5.82 Å². The van der Waals surface area contributed by atoms with Crippen LogP contribution in [0.4, 0.5) is 4.39 Å². The van der Waals surface area contributed by atoms with Crippen LogP contribution in [-0.4, -0.2) is 66.0 Å². The van der Waals surface area contributed by atoms with Crippen LogP contribution < -0.4 is 16.0 Å². The van der Waals surface area contributed by atoms with Gasteiger partial charge >= 0.3 is 0 Å². The standard InChI is InChI=1S/C22H30FN5O2/c1-4-17(27-21(29)12(2)24-3)22(30)28-8-7-18-20(28)16(11-25-18)15-10-26-19-9-13(23)5-6-14(15)19/h5-6,9-10,12,16-18,20,24-26H,4,7-8,11H2,1-3H3,(H,27,29). The molecule has 0 spiro atoms. The number of nitrogens with zero attached hydrogens (tertiary/aromatic N) is 1. The summed E-state index contributed by atoms with van der Waals surface area (Å²) in [5.74, 6) is -0.354. The van der Waals surface area contributed by atoms with Crippen molar-refractivity contribution in [3.8, 4) is 0 Å². The molecule has 2 amide bonds. The SMILES string of the molecule is CCC(NC(=O)C(C)NC)C(=O)N1CCC2NCC(c3c[nH]c4cc(F)ccc34)C21. The zero-order valence-corrected chi connectivity index (χ0v) is 17.7. The van der Waals surface area contributed by atoms with Gasteiger partial charge in [-0.1, -0.05) is 6.92 Å². The molecule has 8 heteroatoms. The van der Waals surface area contributed by atoms with Gasteiger partial charge in [0, 0.05) is 42.1 Å². The molecule has 30 heavy (non-hydrogen) atoms. The quantitative estimate of drug-likeness (QED) is 0.575. The number of aromatic nitrogens is 1. The summed E-state index contributed by atoms with van der Waals surface area (Å²) in [5.41, 5.74) is 1.87. The second-order valence-corrected chi connectivity index (χ2v) is 8.35. The van der Waals surface area contributed by atoms with Crippen LogP contribution in [0.1, 0.15) is 38.2 Å². The van der Waals surface area contributed by atoms with Crippen molar-refractivity contribution in [2.24, 2.45) is 0 Å². The zero-order chi connectivity index (χ0) is 21.4. The van der Waals surface area contributed by atoms with Crippen LogP contribution >= 0.6 is 0 Å². The van der Waals surface area contributed by atoms with Gasteiger partial charge in [-0.05, 0) is 50.6 Å². The molecule has 2 saturated heterocycles. The van der Waals surface area contributed by atoms with Crippen molar-refractivity contribution in [2.75, 3.05) is 20.1 Å². The first kappa shape index (κ1) is 20.8. The van der Waals surface area contributed by atoms with E-state index < -0.39 is 6.04 Å². The molecule has 2 aromatic rings. The molecule has 7 nitrogen and oxygen atoms in total. The van der Waals surface area contributed by atoms with Crippen molar-refractivity contribution in [2.45, 2.75) is 56.8 Å². The van der Waals surface area contributed by atoms with Gasteiger partial charge in [-0.25, -0.2) is 4.39 Å². The lowest BCUT2D eigenvalue weighted by Gasteiger charge is -2.32. The molecule has 0 bridgehead atoms. The fraction of sp³-hybridized carbons (Fsp3) is 0.545. The minimum atomic E-state index is -0.537. The molecule has 0 radical (unpaired) electrons. The zero-order valence-electron chi connectivity index (χ0n) is 17.7. The van der Waals surface area contributed by atoms with E-state index in [0.29, 0.717) is 13.0 Å². The van der Waals surface area contributed by atoms with Gasteiger partial charge in [0.15, 0.2) is 0 Å². The number of carbonyl (C=O) groups excluding carboxylic acids is 2. The minimum absolute atomic E-state index is 0.0224. The molecular formula is C22H30FN5O2. The average molecular weight is 416 g/mol. The summed E-state index contributed by atoms with van der Waals surface area (Å²) < 4.78 is 13.6. The molecular weight excluding hydrogens is 385 g/mol. The van der Waals surface area contributed by atoms with E-state index in [1.165, 1.54) is 12.1 Å². The monoisotopic (exact) mass is 415 g/mol. The van der Waals surface area contributed by atoms with Crippen molar-refractivity contribution in [3.05, 3.63) is 35.8 Å². The number of nitrogens with one attached hydrogen (secondary N) is 4. The van der Waals surface area contributed by atoms with Crippen molar-refractivity contribution in [3.63, 3.8) is 0 Å². The second-order valence-electron chi connectivity index (χ2n) is 8.35.